The maximum atomic E-state index is 12.7. The first-order valence-electron chi connectivity index (χ1n) is 2.74. The summed E-state index contributed by atoms with van der Waals surface area (Å²) in [5.41, 5.74) is 0.819. The highest BCUT2D eigenvalue weighted by Crippen LogP contribution is 2.13. The zero-order chi connectivity index (χ0) is 7.56. The van der Waals surface area contributed by atoms with Crippen molar-refractivity contribution in [1.29, 1.82) is 0 Å². The normalized spacial score (nSPS) is 9.90. The molecule has 10 heavy (non-hydrogen) atoms. The lowest BCUT2D eigenvalue weighted by atomic mass is 10.2. The van der Waals surface area contributed by atoms with Gasteiger partial charge < -0.3 is 0 Å². The third kappa shape index (κ3) is 1.83. The fraction of sp³-hybridized carbons (Fsp3) is 0.143. The number of hydrogen-bond acceptors (Lipinski definition) is 0. The van der Waals surface area contributed by atoms with E-state index in [0.717, 1.165) is 5.56 Å². The molecule has 0 unspecified atom stereocenters. The lowest BCUT2D eigenvalue weighted by Gasteiger charge is -1.96. The van der Waals surface area contributed by atoms with Crippen molar-refractivity contribution in [3.8, 4) is 0 Å². The van der Waals surface area contributed by atoms with Gasteiger partial charge in [-0.3, -0.25) is 0 Å². The van der Waals surface area contributed by atoms with Crippen molar-refractivity contribution in [2.75, 3.05) is 0 Å². The van der Waals surface area contributed by atoms with Gasteiger partial charge >= 0.3 is 0 Å². The van der Waals surface area contributed by atoms with Crippen LogP contribution in [0, 0.1) is 9.39 Å². The Kier molecular flexibility index (Phi) is 2.92. The summed E-state index contributed by atoms with van der Waals surface area (Å²) in [5, 5.41) is 0. The van der Waals surface area contributed by atoms with E-state index in [0.29, 0.717) is 9.45 Å². The van der Waals surface area contributed by atoms with E-state index >= 15 is 0 Å². The second-order valence-corrected chi connectivity index (χ2v) is 3.31. The maximum Gasteiger partial charge on any atom is 0.136 e. The Morgan fingerprint density at radius 1 is 1.50 bits per heavy atom. The van der Waals surface area contributed by atoms with Crippen molar-refractivity contribution in [3.05, 3.63) is 33.1 Å². The summed E-state index contributed by atoms with van der Waals surface area (Å²) in [6, 6.07) is 4.99. The molecular weight excluding hydrogens is 265 g/mol. The van der Waals surface area contributed by atoms with Gasteiger partial charge in [0, 0.05) is 9.45 Å². The quantitative estimate of drug-likeness (QED) is 0.543. The van der Waals surface area contributed by atoms with Crippen LogP contribution in [-0.2, 0) is 5.88 Å². The largest absolute Gasteiger partial charge is 0.206 e. The van der Waals surface area contributed by atoms with Crippen molar-refractivity contribution in [2.24, 2.45) is 0 Å². The maximum absolute atomic E-state index is 12.7. The lowest BCUT2D eigenvalue weighted by molar-refractivity contribution is 0.619. The van der Waals surface area contributed by atoms with E-state index in [1.807, 2.05) is 28.7 Å². The van der Waals surface area contributed by atoms with E-state index in [-0.39, 0.29) is 5.82 Å². The van der Waals surface area contributed by atoms with Gasteiger partial charge in [0.1, 0.15) is 5.82 Å². The average Bonchev–Trinajstić information content (AvgIpc) is 1.95. The van der Waals surface area contributed by atoms with Gasteiger partial charge in [0.05, 0.1) is 0 Å². The fourth-order valence-corrected chi connectivity index (χ4v) is 1.12. The van der Waals surface area contributed by atoms with Gasteiger partial charge in [-0.15, -0.1) is 11.6 Å². The van der Waals surface area contributed by atoms with Crippen LogP contribution in [0.25, 0.3) is 0 Å². The van der Waals surface area contributed by atoms with Gasteiger partial charge in [0.2, 0.25) is 0 Å². The molecule has 0 saturated carbocycles. The van der Waals surface area contributed by atoms with Crippen molar-refractivity contribution >= 4 is 34.2 Å². The molecule has 0 heterocycles. The Morgan fingerprint density at radius 2 is 2.20 bits per heavy atom. The molecule has 0 bridgehead atoms. The van der Waals surface area contributed by atoms with E-state index in [2.05, 4.69) is 0 Å². The molecule has 0 radical (unpaired) electrons. The SMILES string of the molecule is Fc1cc(CCl)ccc1I. The summed E-state index contributed by atoms with van der Waals surface area (Å²) >= 11 is 7.42. The fourth-order valence-electron chi connectivity index (χ4n) is 0.623. The summed E-state index contributed by atoms with van der Waals surface area (Å²) in [6.45, 7) is 0. The average molecular weight is 270 g/mol. The Morgan fingerprint density at radius 3 is 2.70 bits per heavy atom. The minimum atomic E-state index is -0.196. The number of hydrogen-bond donors (Lipinski definition) is 0. The number of halogens is 3. The van der Waals surface area contributed by atoms with Crippen LogP contribution in [0.2, 0.25) is 0 Å². The second-order valence-electron chi connectivity index (χ2n) is 1.88. The molecule has 54 valence electrons. The van der Waals surface area contributed by atoms with Crippen molar-refractivity contribution in [1.82, 2.24) is 0 Å². The summed E-state index contributed by atoms with van der Waals surface area (Å²) in [4.78, 5) is 0. The molecule has 0 aromatic heterocycles. The highest BCUT2D eigenvalue weighted by molar-refractivity contribution is 14.1. The molecule has 3 heteroatoms. The third-order valence-electron chi connectivity index (χ3n) is 1.14. The third-order valence-corrected chi connectivity index (χ3v) is 2.32. The van der Waals surface area contributed by atoms with Crippen LogP contribution in [0.4, 0.5) is 4.39 Å². The number of rotatable bonds is 1. The minimum absolute atomic E-state index is 0.196. The number of alkyl halides is 1. The minimum Gasteiger partial charge on any atom is -0.206 e. The molecule has 0 amide bonds. The van der Waals surface area contributed by atoms with Crippen molar-refractivity contribution in [2.45, 2.75) is 5.88 Å². The molecule has 0 spiro atoms. The second kappa shape index (κ2) is 3.53. The Hall–Kier alpha value is 0.170. The van der Waals surface area contributed by atoms with Crippen LogP contribution >= 0.6 is 34.2 Å². The number of benzene rings is 1. The van der Waals surface area contributed by atoms with Crippen LogP contribution in [0.1, 0.15) is 5.56 Å². The van der Waals surface area contributed by atoms with Crippen molar-refractivity contribution < 1.29 is 4.39 Å². The van der Waals surface area contributed by atoms with E-state index in [1.165, 1.54) is 6.07 Å². The molecule has 0 N–H and O–H groups in total. The van der Waals surface area contributed by atoms with Gasteiger partial charge in [-0.25, -0.2) is 4.39 Å². The van der Waals surface area contributed by atoms with E-state index in [1.54, 1.807) is 6.07 Å². The van der Waals surface area contributed by atoms with Crippen LogP contribution in [0.3, 0.4) is 0 Å². The zero-order valence-corrected chi connectivity index (χ0v) is 7.99. The Labute approximate surface area is 77.5 Å². The highest BCUT2D eigenvalue weighted by atomic mass is 127. The molecule has 0 aliphatic heterocycles. The molecule has 0 atom stereocenters. The summed E-state index contributed by atoms with van der Waals surface area (Å²) < 4.78 is 13.3. The van der Waals surface area contributed by atoms with Crippen LogP contribution < -0.4 is 0 Å². The van der Waals surface area contributed by atoms with Crippen molar-refractivity contribution in [3.63, 3.8) is 0 Å². The molecule has 0 nitrogen and oxygen atoms in total. The molecular formula is C7H5ClFI. The standard InChI is InChI=1S/C7H5ClFI/c8-4-5-1-2-7(10)6(9)3-5/h1-3H,4H2. The predicted molar refractivity (Wildman–Crippen MR) is 48.7 cm³/mol. The zero-order valence-electron chi connectivity index (χ0n) is 5.07. The van der Waals surface area contributed by atoms with Crippen LogP contribution in [-0.4, -0.2) is 0 Å². The molecule has 1 aromatic rings. The Bertz CT molecular complexity index is 237. The van der Waals surface area contributed by atoms with Gasteiger partial charge in [0.25, 0.3) is 0 Å². The summed E-state index contributed by atoms with van der Waals surface area (Å²) in [5.74, 6) is 0.173. The molecule has 0 aliphatic carbocycles. The predicted octanol–water partition coefficient (Wildman–Crippen LogP) is 3.17. The summed E-state index contributed by atoms with van der Waals surface area (Å²) in [6.07, 6.45) is 0. The van der Waals surface area contributed by atoms with Crippen LogP contribution in [0.5, 0.6) is 0 Å². The summed E-state index contributed by atoms with van der Waals surface area (Å²) in [7, 11) is 0. The molecule has 0 aliphatic rings. The highest BCUT2D eigenvalue weighted by Gasteiger charge is 1.97. The van der Waals surface area contributed by atoms with Gasteiger partial charge in [-0.2, -0.15) is 0 Å². The first-order valence-corrected chi connectivity index (χ1v) is 4.35. The van der Waals surface area contributed by atoms with E-state index in [9.17, 15) is 4.39 Å². The van der Waals surface area contributed by atoms with E-state index < -0.39 is 0 Å². The smallest absolute Gasteiger partial charge is 0.136 e. The monoisotopic (exact) mass is 270 g/mol. The van der Waals surface area contributed by atoms with Gasteiger partial charge in [-0.05, 0) is 40.3 Å². The first-order chi connectivity index (χ1) is 4.74. The van der Waals surface area contributed by atoms with Gasteiger partial charge in [0.15, 0.2) is 0 Å². The van der Waals surface area contributed by atoms with Gasteiger partial charge in [-0.1, -0.05) is 6.07 Å². The van der Waals surface area contributed by atoms with E-state index in [4.69, 9.17) is 11.6 Å². The topological polar surface area (TPSA) is 0 Å². The molecule has 1 aromatic carbocycles. The first kappa shape index (κ1) is 8.27. The Balaban J connectivity index is 3.04. The lowest BCUT2D eigenvalue weighted by Crippen LogP contribution is -1.83. The molecule has 0 fully saturated rings. The molecule has 0 saturated heterocycles. The van der Waals surface area contributed by atoms with Crippen LogP contribution in [0.15, 0.2) is 18.2 Å². The molecule has 1 rings (SSSR count).